The Bertz CT molecular complexity index is 529. The summed E-state index contributed by atoms with van der Waals surface area (Å²) in [4.78, 5) is 11.6. The molecule has 1 atom stereocenters. The van der Waals surface area contributed by atoms with Crippen LogP contribution in [0.25, 0.3) is 0 Å². The fourth-order valence-electron chi connectivity index (χ4n) is 2.30. The van der Waals surface area contributed by atoms with E-state index in [1.165, 1.54) is 0 Å². The highest BCUT2D eigenvalue weighted by Gasteiger charge is 2.21. The molecule has 2 rings (SSSR count). The molecule has 5 nitrogen and oxygen atoms in total. The first kappa shape index (κ1) is 17.1. The summed E-state index contributed by atoms with van der Waals surface area (Å²) >= 11 is 3.45. The lowest BCUT2D eigenvalue weighted by molar-refractivity contribution is 0.0527. The first-order valence-electron chi connectivity index (χ1n) is 7.47. The second-order valence-corrected chi connectivity index (χ2v) is 7.17. The molecule has 1 heterocycles. The van der Waals surface area contributed by atoms with E-state index in [9.17, 15) is 4.79 Å². The fraction of sp³-hybridized carbons (Fsp3) is 0.562. The molecular weight excluding hydrogens is 348 g/mol. The van der Waals surface area contributed by atoms with E-state index in [0.29, 0.717) is 19.7 Å². The molecule has 1 amide bonds. The lowest BCUT2D eigenvalue weighted by Crippen LogP contribution is -2.38. The number of alkyl carbamates (subject to hydrolysis) is 1. The quantitative estimate of drug-likeness (QED) is 0.797. The van der Waals surface area contributed by atoms with Crippen molar-refractivity contribution in [1.29, 1.82) is 0 Å². The Kier molecular flexibility index (Phi) is 5.69. The highest BCUT2D eigenvalue weighted by Crippen LogP contribution is 2.33. The molecule has 1 aromatic rings. The SMILES string of the molecule is CC(C)(C)OC(=O)NCCNC1CCOc2cc(Br)ccc21. The second kappa shape index (κ2) is 7.33. The van der Waals surface area contributed by atoms with Gasteiger partial charge in [0.25, 0.3) is 0 Å². The minimum absolute atomic E-state index is 0.247. The molecule has 2 N–H and O–H groups in total. The number of halogens is 1. The highest BCUT2D eigenvalue weighted by atomic mass is 79.9. The van der Waals surface area contributed by atoms with Crippen LogP contribution in [0.15, 0.2) is 22.7 Å². The summed E-state index contributed by atoms with van der Waals surface area (Å²) in [6, 6.07) is 6.32. The van der Waals surface area contributed by atoms with E-state index in [0.717, 1.165) is 22.2 Å². The summed E-state index contributed by atoms with van der Waals surface area (Å²) in [5.74, 6) is 0.915. The van der Waals surface area contributed by atoms with Crippen LogP contribution in [0.5, 0.6) is 5.75 Å². The monoisotopic (exact) mass is 370 g/mol. The Morgan fingerprint density at radius 3 is 2.91 bits per heavy atom. The van der Waals surface area contributed by atoms with E-state index >= 15 is 0 Å². The van der Waals surface area contributed by atoms with Gasteiger partial charge in [-0.25, -0.2) is 4.79 Å². The van der Waals surface area contributed by atoms with Gasteiger partial charge >= 0.3 is 6.09 Å². The predicted octanol–water partition coefficient (Wildman–Crippen LogP) is 3.39. The topological polar surface area (TPSA) is 59.6 Å². The summed E-state index contributed by atoms with van der Waals surface area (Å²) in [6.45, 7) is 7.45. The average molecular weight is 371 g/mol. The first-order valence-corrected chi connectivity index (χ1v) is 8.27. The van der Waals surface area contributed by atoms with Crippen LogP contribution in [0, 0.1) is 0 Å². The zero-order valence-corrected chi connectivity index (χ0v) is 14.8. The van der Waals surface area contributed by atoms with Gasteiger partial charge in [0.2, 0.25) is 0 Å². The van der Waals surface area contributed by atoms with Crippen LogP contribution in [0.2, 0.25) is 0 Å². The Morgan fingerprint density at radius 1 is 1.41 bits per heavy atom. The minimum Gasteiger partial charge on any atom is -0.493 e. The van der Waals surface area contributed by atoms with E-state index < -0.39 is 5.60 Å². The van der Waals surface area contributed by atoms with E-state index in [1.807, 2.05) is 32.9 Å². The summed E-state index contributed by atoms with van der Waals surface area (Å²) in [7, 11) is 0. The van der Waals surface area contributed by atoms with Crippen LogP contribution in [0.4, 0.5) is 4.79 Å². The van der Waals surface area contributed by atoms with Crippen LogP contribution in [-0.2, 0) is 4.74 Å². The number of hydrogen-bond acceptors (Lipinski definition) is 4. The number of carbonyl (C=O) groups excluding carboxylic acids is 1. The summed E-state index contributed by atoms with van der Waals surface area (Å²) in [6.07, 6.45) is 0.534. The van der Waals surface area contributed by atoms with Gasteiger partial charge in [0.1, 0.15) is 11.4 Å². The molecule has 0 aliphatic carbocycles. The zero-order valence-electron chi connectivity index (χ0n) is 13.2. The number of nitrogens with one attached hydrogen (secondary N) is 2. The molecule has 1 unspecified atom stereocenters. The Morgan fingerprint density at radius 2 is 2.18 bits per heavy atom. The zero-order chi connectivity index (χ0) is 16.2. The van der Waals surface area contributed by atoms with E-state index in [2.05, 4.69) is 32.6 Å². The molecule has 0 bridgehead atoms. The number of carbonyl (C=O) groups is 1. The van der Waals surface area contributed by atoms with Crippen molar-refractivity contribution in [3.05, 3.63) is 28.2 Å². The van der Waals surface area contributed by atoms with Gasteiger partial charge in [-0.05, 0) is 32.9 Å². The molecule has 6 heteroatoms. The molecule has 1 aromatic carbocycles. The summed E-state index contributed by atoms with van der Waals surface area (Å²) in [5, 5.41) is 6.20. The molecule has 0 spiro atoms. The van der Waals surface area contributed by atoms with E-state index in [-0.39, 0.29) is 12.1 Å². The Balaban J connectivity index is 1.78. The minimum atomic E-state index is -0.468. The van der Waals surface area contributed by atoms with Crippen molar-refractivity contribution in [3.63, 3.8) is 0 Å². The van der Waals surface area contributed by atoms with Gasteiger partial charge < -0.3 is 20.1 Å². The maximum Gasteiger partial charge on any atom is 0.407 e. The van der Waals surface area contributed by atoms with Gasteiger partial charge in [-0.3, -0.25) is 0 Å². The maximum atomic E-state index is 11.6. The third-order valence-corrected chi connectivity index (χ3v) is 3.69. The number of hydrogen-bond donors (Lipinski definition) is 2. The van der Waals surface area contributed by atoms with Crippen LogP contribution < -0.4 is 15.4 Å². The second-order valence-electron chi connectivity index (χ2n) is 6.25. The van der Waals surface area contributed by atoms with Gasteiger partial charge in [0, 0.05) is 35.6 Å². The average Bonchev–Trinajstić information content (AvgIpc) is 2.41. The molecule has 22 heavy (non-hydrogen) atoms. The molecule has 0 aromatic heterocycles. The number of fused-ring (bicyclic) bond motifs is 1. The molecule has 1 aliphatic heterocycles. The summed E-state index contributed by atoms with van der Waals surface area (Å²) < 4.78 is 11.9. The number of benzene rings is 1. The lowest BCUT2D eigenvalue weighted by Gasteiger charge is -2.27. The van der Waals surface area contributed by atoms with Crippen molar-refractivity contribution in [2.45, 2.75) is 38.8 Å². The fourth-order valence-corrected chi connectivity index (χ4v) is 2.64. The van der Waals surface area contributed by atoms with Crippen molar-refractivity contribution in [2.24, 2.45) is 0 Å². The smallest absolute Gasteiger partial charge is 0.407 e. The molecule has 0 saturated carbocycles. The maximum absolute atomic E-state index is 11.6. The largest absolute Gasteiger partial charge is 0.493 e. The van der Waals surface area contributed by atoms with Crippen molar-refractivity contribution in [1.82, 2.24) is 10.6 Å². The number of ether oxygens (including phenoxy) is 2. The normalized spacial score (nSPS) is 17.4. The number of rotatable bonds is 4. The van der Waals surface area contributed by atoms with Gasteiger partial charge in [0.05, 0.1) is 6.61 Å². The molecular formula is C16H23BrN2O3. The van der Waals surface area contributed by atoms with Crippen LogP contribution >= 0.6 is 15.9 Å². The van der Waals surface area contributed by atoms with Gasteiger partial charge in [-0.2, -0.15) is 0 Å². The van der Waals surface area contributed by atoms with Crippen molar-refractivity contribution >= 4 is 22.0 Å². The van der Waals surface area contributed by atoms with Crippen LogP contribution in [0.3, 0.4) is 0 Å². The van der Waals surface area contributed by atoms with E-state index in [1.54, 1.807) is 0 Å². The van der Waals surface area contributed by atoms with Crippen LogP contribution in [-0.4, -0.2) is 31.4 Å². The highest BCUT2D eigenvalue weighted by molar-refractivity contribution is 9.10. The van der Waals surface area contributed by atoms with Crippen molar-refractivity contribution < 1.29 is 14.3 Å². The van der Waals surface area contributed by atoms with Gasteiger partial charge in [0.15, 0.2) is 0 Å². The number of amides is 1. The third kappa shape index (κ3) is 5.18. The van der Waals surface area contributed by atoms with Crippen molar-refractivity contribution in [2.75, 3.05) is 19.7 Å². The molecule has 0 saturated heterocycles. The van der Waals surface area contributed by atoms with Crippen LogP contribution in [0.1, 0.15) is 38.8 Å². The van der Waals surface area contributed by atoms with Gasteiger partial charge in [-0.15, -0.1) is 0 Å². The first-order chi connectivity index (χ1) is 10.3. The molecule has 122 valence electrons. The van der Waals surface area contributed by atoms with Crippen molar-refractivity contribution in [3.8, 4) is 5.75 Å². The van der Waals surface area contributed by atoms with E-state index in [4.69, 9.17) is 9.47 Å². The Labute approximate surface area is 139 Å². The molecule has 0 radical (unpaired) electrons. The standard InChI is InChI=1S/C16H23BrN2O3/c1-16(2,3)22-15(20)19-8-7-18-13-6-9-21-14-10-11(17)4-5-12(13)14/h4-5,10,13,18H,6-9H2,1-3H3,(H,19,20). The molecule has 0 fully saturated rings. The Hall–Kier alpha value is -1.27. The van der Waals surface area contributed by atoms with Gasteiger partial charge in [-0.1, -0.05) is 22.0 Å². The third-order valence-electron chi connectivity index (χ3n) is 3.20. The molecule has 1 aliphatic rings. The lowest BCUT2D eigenvalue weighted by atomic mass is 10.0. The summed E-state index contributed by atoms with van der Waals surface area (Å²) in [5.41, 5.74) is 0.691. The predicted molar refractivity (Wildman–Crippen MR) is 89.2 cm³/mol.